The number of aliphatic imine (C=N–C) groups is 1. The van der Waals surface area contributed by atoms with Gasteiger partial charge in [0.15, 0.2) is 0 Å². The summed E-state index contributed by atoms with van der Waals surface area (Å²) in [6.07, 6.45) is 4.77. The van der Waals surface area contributed by atoms with Gasteiger partial charge in [-0.2, -0.15) is 0 Å². The van der Waals surface area contributed by atoms with Crippen molar-refractivity contribution in [1.29, 1.82) is 0 Å². The molecule has 0 aromatic heterocycles. The lowest BCUT2D eigenvalue weighted by molar-refractivity contribution is 0.306. The van der Waals surface area contributed by atoms with Gasteiger partial charge in [-0.25, -0.2) is 0 Å². The van der Waals surface area contributed by atoms with E-state index in [1.165, 1.54) is 29.7 Å². The molecule has 0 saturated heterocycles. The van der Waals surface area contributed by atoms with E-state index >= 15 is 0 Å². The van der Waals surface area contributed by atoms with Crippen molar-refractivity contribution in [1.82, 2.24) is 0 Å². The summed E-state index contributed by atoms with van der Waals surface area (Å²) in [6.45, 7) is 10.2. The van der Waals surface area contributed by atoms with Gasteiger partial charge >= 0.3 is 0 Å². The van der Waals surface area contributed by atoms with E-state index in [4.69, 9.17) is 4.99 Å². The first kappa shape index (κ1) is 15.0. The van der Waals surface area contributed by atoms with Crippen LogP contribution in [0.3, 0.4) is 0 Å². The van der Waals surface area contributed by atoms with Gasteiger partial charge in [0.1, 0.15) is 0 Å². The highest BCUT2D eigenvalue weighted by Crippen LogP contribution is 2.31. The maximum Gasteiger partial charge on any atom is 0.0649 e. The fourth-order valence-electron chi connectivity index (χ4n) is 3.12. The Kier molecular flexibility index (Phi) is 5.17. The van der Waals surface area contributed by atoms with Gasteiger partial charge in [0.2, 0.25) is 0 Å². The van der Waals surface area contributed by atoms with E-state index in [2.05, 4.69) is 64.1 Å². The van der Waals surface area contributed by atoms with E-state index in [0.29, 0.717) is 11.8 Å². The molecule has 0 aliphatic carbocycles. The largest absolute Gasteiger partial charge is 0.285 e. The molecule has 0 fully saturated rings. The highest BCUT2D eigenvalue weighted by molar-refractivity contribution is 6.06. The van der Waals surface area contributed by atoms with E-state index in [1.54, 1.807) is 0 Å². The molecule has 1 heterocycles. The second-order valence-electron chi connectivity index (χ2n) is 6.04. The monoisotopic (exact) mass is 269 g/mol. The van der Waals surface area contributed by atoms with Gasteiger partial charge in [0.05, 0.1) is 6.54 Å². The molecular weight excluding hydrogens is 242 g/mol. The Hall–Kier alpha value is -1.37. The summed E-state index contributed by atoms with van der Waals surface area (Å²) in [7, 11) is 0. The van der Waals surface area contributed by atoms with Crippen molar-refractivity contribution in [3.8, 4) is 0 Å². The Balaban J connectivity index is 2.15. The summed E-state index contributed by atoms with van der Waals surface area (Å²) < 4.78 is 0. The van der Waals surface area contributed by atoms with Gasteiger partial charge in [0, 0.05) is 11.6 Å². The molecule has 1 aromatic rings. The van der Waals surface area contributed by atoms with E-state index < -0.39 is 0 Å². The minimum absolute atomic E-state index is 0.603. The molecule has 1 heteroatoms. The Morgan fingerprint density at radius 3 is 2.35 bits per heavy atom. The number of rotatable bonds is 6. The smallest absolute Gasteiger partial charge is 0.0649 e. The number of benzene rings is 1. The molecule has 0 bridgehead atoms. The average molecular weight is 269 g/mol. The predicted molar refractivity (Wildman–Crippen MR) is 89.1 cm³/mol. The van der Waals surface area contributed by atoms with Gasteiger partial charge in [-0.1, -0.05) is 64.4 Å². The lowest BCUT2D eigenvalue weighted by Crippen LogP contribution is -2.24. The molecule has 1 aliphatic heterocycles. The predicted octanol–water partition coefficient (Wildman–Crippen LogP) is 5.23. The minimum Gasteiger partial charge on any atom is -0.285 e. The average Bonchev–Trinajstić information content (AvgIpc) is 2.97. The Morgan fingerprint density at radius 2 is 1.75 bits per heavy atom. The van der Waals surface area contributed by atoms with Crippen LogP contribution in [-0.2, 0) is 0 Å². The van der Waals surface area contributed by atoms with E-state index in [1.807, 2.05) is 0 Å². The lowest BCUT2D eigenvalue weighted by Gasteiger charge is -2.27. The van der Waals surface area contributed by atoms with Crippen molar-refractivity contribution >= 4 is 11.3 Å². The Labute approximate surface area is 123 Å². The molecule has 20 heavy (non-hydrogen) atoms. The molecule has 108 valence electrons. The molecular formula is C19H27N. The Bertz CT molecular complexity index is 484. The van der Waals surface area contributed by atoms with Crippen molar-refractivity contribution in [2.75, 3.05) is 6.54 Å². The fraction of sp³-hybridized carbons (Fsp3) is 0.526. The molecule has 0 amide bonds. The van der Waals surface area contributed by atoms with Gasteiger partial charge in [-0.15, -0.1) is 0 Å². The first-order valence-electron chi connectivity index (χ1n) is 7.97. The second kappa shape index (κ2) is 6.88. The van der Waals surface area contributed by atoms with Crippen molar-refractivity contribution in [2.24, 2.45) is 22.7 Å². The summed E-state index contributed by atoms with van der Waals surface area (Å²) in [5.41, 5.74) is 4.01. The molecule has 1 aromatic carbocycles. The van der Waals surface area contributed by atoms with E-state index in [-0.39, 0.29) is 0 Å². The first-order valence-corrected chi connectivity index (χ1v) is 7.97. The number of nitrogens with zero attached hydrogens (tertiary/aromatic N) is 1. The molecule has 1 nitrogen and oxygen atoms in total. The quantitative estimate of drug-likeness (QED) is 0.670. The van der Waals surface area contributed by atoms with Crippen LogP contribution >= 0.6 is 0 Å². The van der Waals surface area contributed by atoms with E-state index in [0.717, 1.165) is 12.5 Å². The van der Waals surface area contributed by atoms with Crippen molar-refractivity contribution in [2.45, 2.75) is 40.5 Å². The maximum atomic E-state index is 4.83. The van der Waals surface area contributed by atoms with Crippen LogP contribution in [0.4, 0.5) is 0 Å². The number of hydrogen-bond acceptors (Lipinski definition) is 1. The second-order valence-corrected chi connectivity index (χ2v) is 6.04. The van der Waals surface area contributed by atoms with Crippen LogP contribution in [0, 0.1) is 17.8 Å². The summed E-state index contributed by atoms with van der Waals surface area (Å²) in [6, 6.07) is 10.6. The van der Waals surface area contributed by atoms with Crippen molar-refractivity contribution in [3.05, 3.63) is 42.0 Å². The third kappa shape index (κ3) is 3.20. The molecule has 0 spiro atoms. The SMILES string of the molecule is CCC(C)C(C)C(CC)C1=NCC(c2ccccc2)=C1. The molecule has 3 atom stereocenters. The van der Waals surface area contributed by atoms with Crippen LogP contribution in [0.2, 0.25) is 0 Å². The highest BCUT2D eigenvalue weighted by Gasteiger charge is 2.26. The van der Waals surface area contributed by atoms with Crippen LogP contribution in [-0.4, -0.2) is 12.3 Å². The summed E-state index contributed by atoms with van der Waals surface area (Å²) in [5, 5.41) is 0. The van der Waals surface area contributed by atoms with Crippen LogP contribution in [0.1, 0.15) is 46.1 Å². The molecule has 3 unspecified atom stereocenters. The molecule has 1 aliphatic rings. The van der Waals surface area contributed by atoms with Gasteiger partial charge in [-0.3, -0.25) is 4.99 Å². The third-order valence-corrected chi connectivity index (χ3v) is 4.89. The van der Waals surface area contributed by atoms with Gasteiger partial charge in [-0.05, 0) is 35.5 Å². The molecule has 2 rings (SSSR count). The minimum atomic E-state index is 0.603. The zero-order valence-electron chi connectivity index (χ0n) is 13.3. The van der Waals surface area contributed by atoms with Gasteiger partial charge < -0.3 is 0 Å². The van der Waals surface area contributed by atoms with Crippen LogP contribution < -0.4 is 0 Å². The highest BCUT2D eigenvalue weighted by atomic mass is 14.8. The molecule has 0 N–H and O–H groups in total. The Morgan fingerprint density at radius 1 is 1.05 bits per heavy atom. The summed E-state index contributed by atoms with van der Waals surface area (Å²) >= 11 is 0. The normalized spacial score (nSPS) is 19.2. The van der Waals surface area contributed by atoms with E-state index in [9.17, 15) is 0 Å². The molecule has 0 radical (unpaired) electrons. The lowest BCUT2D eigenvalue weighted by atomic mass is 9.78. The van der Waals surface area contributed by atoms with Crippen molar-refractivity contribution in [3.63, 3.8) is 0 Å². The topological polar surface area (TPSA) is 12.4 Å². The summed E-state index contributed by atoms with van der Waals surface area (Å²) in [5.74, 6) is 2.07. The zero-order chi connectivity index (χ0) is 14.5. The molecule has 0 saturated carbocycles. The van der Waals surface area contributed by atoms with Crippen molar-refractivity contribution < 1.29 is 0 Å². The number of hydrogen-bond donors (Lipinski definition) is 0. The number of allylic oxidation sites excluding steroid dienone is 1. The fourth-order valence-corrected chi connectivity index (χ4v) is 3.12. The standard InChI is InChI=1S/C19H27N/c1-5-14(3)15(4)18(6-2)19-12-17(13-20-19)16-10-8-7-9-11-16/h7-12,14-15,18H,5-6,13H2,1-4H3. The third-order valence-electron chi connectivity index (χ3n) is 4.89. The zero-order valence-corrected chi connectivity index (χ0v) is 13.3. The van der Waals surface area contributed by atoms with Crippen LogP contribution in [0.15, 0.2) is 41.4 Å². The summed E-state index contributed by atoms with van der Waals surface area (Å²) in [4.78, 5) is 4.83. The maximum absolute atomic E-state index is 4.83. The van der Waals surface area contributed by atoms with Crippen LogP contribution in [0.5, 0.6) is 0 Å². The van der Waals surface area contributed by atoms with Gasteiger partial charge in [0.25, 0.3) is 0 Å². The first-order chi connectivity index (χ1) is 9.67. The van der Waals surface area contributed by atoms with Crippen LogP contribution in [0.25, 0.3) is 5.57 Å².